The van der Waals surface area contributed by atoms with Crippen molar-refractivity contribution >= 4 is 5.82 Å². The summed E-state index contributed by atoms with van der Waals surface area (Å²) in [7, 11) is 3.68. The van der Waals surface area contributed by atoms with E-state index in [1.54, 1.807) is 10.9 Å². The molecule has 0 fully saturated rings. The first-order valence-corrected chi connectivity index (χ1v) is 5.15. The van der Waals surface area contributed by atoms with E-state index in [1.165, 1.54) is 0 Å². The summed E-state index contributed by atoms with van der Waals surface area (Å²) >= 11 is 0. The minimum Gasteiger partial charge on any atom is -0.373 e. The molecule has 2 aromatic rings. The minimum absolute atomic E-state index is 0.799. The third kappa shape index (κ3) is 1.86. The summed E-state index contributed by atoms with van der Waals surface area (Å²) in [5.74, 6) is 1.62. The van der Waals surface area contributed by atoms with Crippen molar-refractivity contribution in [2.75, 3.05) is 12.4 Å². The number of aromatic nitrogens is 5. The van der Waals surface area contributed by atoms with Crippen molar-refractivity contribution in [2.45, 2.75) is 13.3 Å². The molecule has 0 spiro atoms. The first kappa shape index (κ1) is 10.5. The first-order valence-electron chi connectivity index (χ1n) is 5.15. The summed E-state index contributed by atoms with van der Waals surface area (Å²) in [6.07, 6.45) is 2.50. The fourth-order valence-electron chi connectivity index (χ4n) is 1.44. The van der Waals surface area contributed by atoms with Gasteiger partial charge in [0.25, 0.3) is 0 Å². The lowest BCUT2D eigenvalue weighted by Crippen LogP contribution is -2.03. The Bertz CT molecular complexity index is 468. The summed E-state index contributed by atoms with van der Waals surface area (Å²) in [4.78, 5) is 8.79. The number of hydrogen-bond acceptors (Lipinski definition) is 5. The highest BCUT2D eigenvalue weighted by atomic mass is 15.4. The molecule has 0 aliphatic heterocycles. The fraction of sp³-hybridized carbons (Fsp3) is 0.400. The maximum absolute atomic E-state index is 4.45. The average Bonchev–Trinajstić information content (AvgIpc) is 2.74. The van der Waals surface area contributed by atoms with E-state index in [4.69, 9.17) is 0 Å². The summed E-state index contributed by atoms with van der Waals surface area (Å²) in [6, 6.07) is 1.89. The lowest BCUT2D eigenvalue weighted by molar-refractivity contribution is 0.718. The van der Waals surface area contributed by atoms with Gasteiger partial charge >= 0.3 is 0 Å². The van der Waals surface area contributed by atoms with Gasteiger partial charge in [0, 0.05) is 26.6 Å². The highest BCUT2D eigenvalue weighted by Crippen LogP contribution is 2.17. The van der Waals surface area contributed by atoms with Crippen molar-refractivity contribution < 1.29 is 0 Å². The monoisotopic (exact) mass is 218 g/mol. The molecule has 0 aliphatic carbocycles. The van der Waals surface area contributed by atoms with Gasteiger partial charge in [-0.05, 0) is 0 Å². The average molecular weight is 218 g/mol. The Morgan fingerprint density at radius 3 is 2.75 bits per heavy atom. The van der Waals surface area contributed by atoms with Gasteiger partial charge in [0.05, 0.1) is 11.9 Å². The van der Waals surface area contributed by atoms with E-state index in [-0.39, 0.29) is 0 Å². The fourth-order valence-corrected chi connectivity index (χ4v) is 1.44. The van der Waals surface area contributed by atoms with Crippen LogP contribution in [0.5, 0.6) is 0 Å². The molecule has 2 heterocycles. The summed E-state index contributed by atoms with van der Waals surface area (Å²) in [5, 5.41) is 10.8. The maximum Gasteiger partial charge on any atom is 0.131 e. The molecule has 6 nitrogen and oxygen atoms in total. The molecule has 0 radical (unpaired) electrons. The van der Waals surface area contributed by atoms with Gasteiger partial charge in [0.2, 0.25) is 0 Å². The van der Waals surface area contributed by atoms with Gasteiger partial charge in [-0.1, -0.05) is 12.1 Å². The van der Waals surface area contributed by atoms with Gasteiger partial charge in [-0.15, -0.1) is 5.10 Å². The summed E-state index contributed by atoms with van der Waals surface area (Å²) in [5.41, 5.74) is 1.72. The molecular formula is C10H14N6. The van der Waals surface area contributed by atoms with E-state index >= 15 is 0 Å². The van der Waals surface area contributed by atoms with Crippen LogP contribution in [0.25, 0.3) is 11.4 Å². The Labute approximate surface area is 93.7 Å². The zero-order chi connectivity index (χ0) is 11.5. The molecule has 16 heavy (non-hydrogen) atoms. The molecule has 84 valence electrons. The topological polar surface area (TPSA) is 68.5 Å². The van der Waals surface area contributed by atoms with Crippen molar-refractivity contribution in [3.05, 3.63) is 18.1 Å². The normalized spacial score (nSPS) is 10.4. The molecule has 0 atom stereocenters. The van der Waals surface area contributed by atoms with Crippen molar-refractivity contribution in [3.63, 3.8) is 0 Å². The minimum atomic E-state index is 0.799. The number of anilines is 1. The molecule has 0 aliphatic rings. The zero-order valence-electron chi connectivity index (χ0n) is 9.60. The molecular weight excluding hydrogens is 204 g/mol. The van der Waals surface area contributed by atoms with E-state index in [9.17, 15) is 0 Å². The molecule has 2 aromatic heterocycles. The van der Waals surface area contributed by atoms with Crippen LogP contribution in [0, 0.1) is 0 Å². The predicted octanol–water partition coefficient (Wildman–Crippen LogP) is 0.876. The lowest BCUT2D eigenvalue weighted by Gasteiger charge is -2.06. The largest absolute Gasteiger partial charge is 0.373 e. The van der Waals surface area contributed by atoms with E-state index < -0.39 is 0 Å². The third-order valence-electron chi connectivity index (χ3n) is 2.32. The SMILES string of the molecule is CCc1nc(NC)cc(-c2cnnn2C)n1. The highest BCUT2D eigenvalue weighted by Gasteiger charge is 2.08. The first-order chi connectivity index (χ1) is 7.74. The molecule has 0 aromatic carbocycles. The lowest BCUT2D eigenvalue weighted by atomic mass is 10.3. The summed E-state index contributed by atoms with van der Waals surface area (Å²) < 4.78 is 1.70. The molecule has 1 N–H and O–H groups in total. The Morgan fingerprint density at radius 1 is 1.38 bits per heavy atom. The molecule has 0 saturated carbocycles. The Kier molecular flexibility index (Phi) is 2.80. The van der Waals surface area contributed by atoms with Crippen LogP contribution in [0.3, 0.4) is 0 Å². The molecule has 0 amide bonds. The maximum atomic E-state index is 4.45. The smallest absolute Gasteiger partial charge is 0.131 e. The van der Waals surface area contributed by atoms with Crippen LogP contribution in [0.4, 0.5) is 5.82 Å². The van der Waals surface area contributed by atoms with Gasteiger partial charge in [-0.2, -0.15) is 0 Å². The number of nitrogens with one attached hydrogen (secondary N) is 1. The third-order valence-corrected chi connectivity index (χ3v) is 2.32. The summed E-state index contributed by atoms with van der Waals surface area (Å²) in [6.45, 7) is 2.03. The van der Waals surface area contributed by atoms with Crippen molar-refractivity contribution in [3.8, 4) is 11.4 Å². The van der Waals surface area contributed by atoms with E-state index in [2.05, 4.69) is 25.6 Å². The Balaban J connectivity index is 2.52. The van der Waals surface area contributed by atoms with E-state index in [0.717, 1.165) is 29.5 Å². The van der Waals surface area contributed by atoms with Crippen LogP contribution in [0.2, 0.25) is 0 Å². The predicted molar refractivity (Wildman–Crippen MR) is 61.0 cm³/mol. The van der Waals surface area contributed by atoms with Crippen molar-refractivity contribution in [1.82, 2.24) is 25.0 Å². The van der Waals surface area contributed by atoms with Gasteiger partial charge in [0.15, 0.2) is 0 Å². The Hall–Kier alpha value is -1.98. The van der Waals surface area contributed by atoms with Gasteiger partial charge < -0.3 is 5.32 Å². The van der Waals surface area contributed by atoms with Crippen LogP contribution in [-0.4, -0.2) is 32.0 Å². The molecule has 0 unspecified atom stereocenters. The van der Waals surface area contributed by atoms with Crippen LogP contribution in [0.1, 0.15) is 12.7 Å². The second-order valence-electron chi connectivity index (χ2n) is 3.40. The highest BCUT2D eigenvalue weighted by molar-refractivity contribution is 5.57. The molecule has 6 heteroatoms. The quantitative estimate of drug-likeness (QED) is 0.828. The zero-order valence-corrected chi connectivity index (χ0v) is 9.60. The second-order valence-corrected chi connectivity index (χ2v) is 3.40. The van der Waals surface area contributed by atoms with Crippen LogP contribution >= 0.6 is 0 Å². The van der Waals surface area contributed by atoms with Crippen molar-refractivity contribution in [2.24, 2.45) is 7.05 Å². The number of nitrogens with zero attached hydrogens (tertiary/aromatic N) is 5. The Morgan fingerprint density at radius 2 is 2.19 bits per heavy atom. The molecule has 0 bridgehead atoms. The van der Waals surface area contributed by atoms with Gasteiger partial charge in [0.1, 0.15) is 17.3 Å². The molecule has 0 saturated heterocycles. The number of aryl methyl sites for hydroxylation is 2. The number of rotatable bonds is 3. The second kappa shape index (κ2) is 4.26. The standard InChI is InChI=1S/C10H14N6/c1-4-9-13-7(5-10(11-2)14-9)8-6-12-15-16(8)3/h5-6H,4H2,1-3H3,(H,11,13,14). The van der Waals surface area contributed by atoms with E-state index in [1.807, 2.05) is 27.1 Å². The van der Waals surface area contributed by atoms with Crippen LogP contribution < -0.4 is 5.32 Å². The van der Waals surface area contributed by atoms with Gasteiger partial charge in [-0.25, -0.2) is 14.6 Å². The molecule has 2 rings (SSSR count). The van der Waals surface area contributed by atoms with Crippen LogP contribution in [0.15, 0.2) is 12.3 Å². The van der Waals surface area contributed by atoms with E-state index in [0.29, 0.717) is 0 Å². The van der Waals surface area contributed by atoms with Crippen molar-refractivity contribution in [1.29, 1.82) is 0 Å². The number of hydrogen-bond donors (Lipinski definition) is 1. The van der Waals surface area contributed by atoms with Crippen LogP contribution in [-0.2, 0) is 13.5 Å². The van der Waals surface area contributed by atoms with Gasteiger partial charge in [-0.3, -0.25) is 0 Å².